The molecule has 0 spiro atoms. The molecule has 1 N–H and O–H groups in total. The van der Waals surface area contributed by atoms with Crippen molar-refractivity contribution in [2.24, 2.45) is 4.99 Å². The van der Waals surface area contributed by atoms with Crippen molar-refractivity contribution in [1.82, 2.24) is 10.2 Å². The molecule has 0 heterocycles. The van der Waals surface area contributed by atoms with Crippen LogP contribution >= 0.6 is 0 Å². The van der Waals surface area contributed by atoms with Gasteiger partial charge in [0.05, 0.1) is 26.5 Å². The molecule has 0 saturated heterocycles. The van der Waals surface area contributed by atoms with E-state index in [0.29, 0.717) is 19.0 Å². The predicted octanol–water partition coefficient (Wildman–Crippen LogP) is 1.15. The van der Waals surface area contributed by atoms with E-state index < -0.39 is 9.84 Å². The highest BCUT2D eigenvalue weighted by Gasteiger charge is 2.11. The van der Waals surface area contributed by atoms with Crippen molar-refractivity contribution >= 4 is 15.8 Å². The van der Waals surface area contributed by atoms with Crippen molar-refractivity contribution in [3.63, 3.8) is 0 Å². The molecule has 1 aromatic carbocycles. The van der Waals surface area contributed by atoms with E-state index in [9.17, 15) is 8.42 Å². The summed E-state index contributed by atoms with van der Waals surface area (Å²) in [5, 5.41) is 3.16. The highest BCUT2D eigenvalue weighted by molar-refractivity contribution is 7.90. The van der Waals surface area contributed by atoms with Gasteiger partial charge in [0, 0.05) is 38.0 Å². The maximum atomic E-state index is 11.2. The van der Waals surface area contributed by atoms with Gasteiger partial charge < -0.3 is 19.7 Å². The van der Waals surface area contributed by atoms with E-state index in [-0.39, 0.29) is 12.3 Å². The molecule has 0 saturated carbocycles. The zero-order chi connectivity index (χ0) is 18.2. The molecule has 0 fully saturated rings. The molecule has 0 aliphatic heterocycles. The Morgan fingerprint density at radius 3 is 2.54 bits per heavy atom. The molecule has 0 amide bonds. The van der Waals surface area contributed by atoms with E-state index in [1.165, 1.54) is 6.26 Å². The smallest absolute Gasteiger partial charge is 0.193 e. The van der Waals surface area contributed by atoms with Crippen LogP contribution < -0.4 is 14.8 Å². The SMILES string of the molecule is CCNC(=NCCS(C)(=O)=O)N(C)Cc1ccc(OC)cc1OC. The third kappa shape index (κ3) is 6.66. The monoisotopic (exact) mass is 357 g/mol. The number of nitrogens with one attached hydrogen (secondary N) is 1. The van der Waals surface area contributed by atoms with Gasteiger partial charge in [0.1, 0.15) is 21.3 Å². The average Bonchev–Trinajstić information content (AvgIpc) is 2.53. The lowest BCUT2D eigenvalue weighted by Crippen LogP contribution is -2.38. The van der Waals surface area contributed by atoms with E-state index in [1.54, 1.807) is 14.2 Å². The van der Waals surface area contributed by atoms with Gasteiger partial charge in [-0.15, -0.1) is 0 Å². The van der Waals surface area contributed by atoms with Crippen LogP contribution in [-0.4, -0.2) is 65.6 Å². The molecule has 136 valence electrons. The molecule has 24 heavy (non-hydrogen) atoms. The number of ether oxygens (including phenoxy) is 2. The van der Waals surface area contributed by atoms with Crippen molar-refractivity contribution in [3.05, 3.63) is 23.8 Å². The summed E-state index contributed by atoms with van der Waals surface area (Å²) in [5.41, 5.74) is 0.981. The first-order chi connectivity index (χ1) is 11.3. The molecular weight excluding hydrogens is 330 g/mol. The summed E-state index contributed by atoms with van der Waals surface area (Å²) in [5.74, 6) is 2.14. The average molecular weight is 357 g/mol. The normalized spacial score (nSPS) is 12.0. The minimum Gasteiger partial charge on any atom is -0.497 e. The Hall–Kier alpha value is -1.96. The molecule has 0 radical (unpaired) electrons. The second-order valence-corrected chi connectivity index (χ2v) is 7.66. The number of rotatable bonds is 8. The maximum absolute atomic E-state index is 11.2. The Kier molecular flexibility index (Phi) is 7.84. The van der Waals surface area contributed by atoms with Crippen LogP contribution in [0, 0.1) is 0 Å². The Labute approximate surface area is 144 Å². The van der Waals surface area contributed by atoms with Crippen molar-refractivity contribution in [2.75, 3.05) is 46.4 Å². The molecule has 0 atom stereocenters. The molecule has 1 aromatic rings. The highest BCUT2D eigenvalue weighted by Crippen LogP contribution is 2.25. The maximum Gasteiger partial charge on any atom is 0.193 e. The van der Waals surface area contributed by atoms with Crippen LogP contribution in [0.3, 0.4) is 0 Å². The zero-order valence-corrected chi connectivity index (χ0v) is 15.8. The molecule has 0 aliphatic rings. The number of guanidine groups is 1. The van der Waals surface area contributed by atoms with Crippen molar-refractivity contribution < 1.29 is 17.9 Å². The molecule has 0 unspecified atom stereocenters. The lowest BCUT2D eigenvalue weighted by Gasteiger charge is -2.23. The molecule has 0 bridgehead atoms. The fraction of sp³-hybridized carbons (Fsp3) is 0.562. The molecule has 1 rings (SSSR count). The number of hydrogen-bond donors (Lipinski definition) is 1. The molecular formula is C16H27N3O4S. The van der Waals surface area contributed by atoms with Gasteiger partial charge in [0.25, 0.3) is 0 Å². The lowest BCUT2D eigenvalue weighted by atomic mass is 10.2. The summed E-state index contributed by atoms with van der Waals surface area (Å²) in [7, 11) is 2.09. The summed E-state index contributed by atoms with van der Waals surface area (Å²) in [6.07, 6.45) is 1.21. The van der Waals surface area contributed by atoms with Crippen molar-refractivity contribution in [1.29, 1.82) is 0 Å². The van der Waals surface area contributed by atoms with E-state index in [4.69, 9.17) is 9.47 Å². The number of methoxy groups -OCH3 is 2. The topological polar surface area (TPSA) is 80.2 Å². The van der Waals surface area contributed by atoms with Gasteiger partial charge in [0.2, 0.25) is 0 Å². The fourth-order valence-corrected chi connectivity index (χ4v) is 2.52. The van der Waals surface area contributed by atoms with Gasteiger partial charge in [0.15, 0.2) is 5.96 Å². The molecule has 7 nitrogen and oxygen atoms in total. The summed E-state index contributed by atoms with van der Waals surface area (Å²) < 4.78 is 33.1. The Bertz CT molecular complexity index is 659. The van der Waals surface area contributed by atoms with Crippen LogP contribution in [-0.2, 0) is 16.4 Å². The minimum absolute atomic E-state index is 0.0294. The minimum atomic E-state index is -3.02. The number of hydrogen-bond acceptors (Lipinski definition) is 5. The van der Waals surface area contributed by atoms with Crippen LogP contribution in [0.2, 0.25) is 0 Å². The van der Waals surface area contributed by atoms with Crippen LogP contribution in [0.15, 0.2) is 23.2 Å². The second kappa shape index (κ2) is 9.36. The lowest BCUT2D eigenvalue weighted by molar-refractivity contribution is 0.382. The second-order valence-electron chi connectivity index (χ2n) is 5.40. The fourth-order valence-electron chi connectivity index (χ4n) is 2.10. The zero-order valence-electron chi connectivity index (χ0n) is 15.0. The largest absolute Gasteiger partial charge is 0.497 e. The van der Waals surface area contributed by atoms with Crippen LogP contribution in [0.25, 0.3) is 0 Å². The number of nitrogens with zero attached hydrogens (tertiary/aromatic N) is 2. The summed E-state index contributed by atoms with van der Waals surface area (Å²) in [6, 6.07) is 5.64. The van der Waals surface area contributed by atoms with E-state index >= 15 is 0 Å². The first-order valence-corrected chi connectivity index (χ1v) is 9.74. The Morgan fingerprint density at radius 2 is 2.00 bits per heavy atom. The summed E-state index contributed by atoms with van der Waals surface area (Å²) >= 11 is 0. The van der Waals surface area contributed by atoms with Gasteiger partial charge >= 0.3 is 0 Å². The van der Waals surface area contributed by atoms with Gasteiger partial charge in [-0.05, 0) is 19.1 Å². The van der Waals surface area contributed by atoms with Crippen molar-refractivity contribution in [2.45, 2.75) is 13.5 Å². The van der Waals surface area contributed by atoms with Gasteiger partial charge in [-0.2, -0.15) is 0 Å². The van der Waals surface area contributed by atoms with Gasteiger partial charge in [-0.3, -0.25) is 4.99 Å². The van der Waals surface area contributed by atoms with E-state index in [2.05, 4.69) is 10.3 Å². The third-order valence-electron chi connectivity index (χ3n) is 3.32. The van der Waals surface area contributed by atoms with Gasteiger partial charge in [-0.1, -0.05) is 0 Å². The first kappa shape index (κ1) is 20.1. The van der Waals surface area contributed by atoms with Crippen LogP contribution in [0.1, 0.15) is 12.5 Å². The van der Waals surface area contributed by atoms with Crippen molar-refractivity contribution in [3.8, 4) is 11.5 Å². The third-order valence-corrected chi connectivity index (χ3v) is 4.25. The Morgan fingerprint density at radius 1 is 1.29 bits per heavy atom. The number of aliphatic imine (C=N–C) groups is 1. The standard InChI is InChI=1S/C16H27N3O4S/c1-6-17-16(18-9-10-24(5,20)21)19(2)12-13-7-8-14(22-3)11-15(13)23-4/h7-8,11H,6,9-10,12H2,1-5H3,(H,17,18). The van der Waals surface area contributed by atoms with E-state index in [0.717, 1.165) is 17.1 Å². The quantitative estimate of drug-likeness (QED) is 0.555. The van der Waals surface area contributed by atoms with Gasteiger partial charge in [-0.25, -0.2) is 8.42 Å². The summed E-state index contributed by atoms with van der Waals surface area (Å²) in [4.78, 5) is 6.30. The van der Waals surface area contributed by atoms with E-state index in [1.807, 2.05) is 37.1 Å². The summed E-state index contributed by atoms with van der Waals surface area (Å²) in [6.45, 7) is 3.46. The number of benzene rings is 1. The predicted molar refractivity (Wildman–Crippen MR) is 96.7 cm³/mol. The molecule has 8 heteroatoms. The van der Waals surface area contributed by atoms with Crippen LogP contribution in [0.4, 0.5) is 0 Å². The molecule has 0 aromatic heterocycles. The first-order valence-electron chi connectivity index (χ1n) is 7.68. The van der Waals surface area contributed by atoms with Crippen LogP contribution in [0.5, 0.6) is 11.5 Å². The Balaban J connectivity index is 2.88. The number of sulfone groups is 1. The highest BCUT2D eigenvalue weighted by atomic mass is 32.2. The molecule has 0 aliphatic carbocycles.